The molecule has 2 rings (SSSR count). The summed E-state index contributed by atoms with van der Waals surface area (Å²) in [7, 11) is 0. The number of carbonyl (C=O) groups is 1. The van der Waals surface area contributed by atoms with Gasteiger partial charge in [-0.2, -0.15) is 0 Å². The number of aliphatic hydroxyl groups is 1. The van der Waals surface area contributed by atoms with E-state index in [1.54, 1.807) is 0 Å². The van der Waals surface area contributed by atoms with E-state index in [9.17, 15) is 9.90 Å². The average Bonchev–Trinajstić information content (AvgIpc) is 3.16. The average molecular weight is 708 g/mol. The number of rotatable bonds is 35. The van der Waals surface area contributed by atoms with Crippen molar-refractivity contribution < 1.29 is 19.4 Å². The number of hydrogen-bond donors (Lipinski definition) is 2. The van der Waals surface area contributed by atoms with Crippen molar-refractivity contribution >= 4 is 5.91 Å². The highest BCUT2D eigenvalue weighted by Gasteiger charge is 2.27. The molecule has 5 nitrogen and oxygen atoms in total. The molecule has 0 spiro atoms. The zero-order valence-electron chi connectivity index (χ0n) is 33.0. The number of carbonyl (C=O) groups excluding carboxylic acids is 1. The Kier molecular flexibility index (Phi) is 28.6. The van der Waals surface area contributed by atoms with Crippen molar-refractivity contribution in [2.24, 2.45) is 0 Å². The summed E-state index contributed by atoms with van der Waals surface area (Å²) in [5.74, 6) is -0.139. The minimum Gasteiger partial charge on any atom is -0.394 e. The van der Waals surface area contributed by atoms with Crippen LogP contribution in [0.2, 0.25) is 0 Å². The van der Waals surface area contributed by atoms with E-state index in [-0.39, 0.29) is 18.6 Å². The molecule has 0 aliphatic heterocycles. The van der Waals surface area contributed by atoms with Crippen molar-refractivity contribution in [1.82, 2.24) is 5.32 Å². The fourth-order valence-corrected chi connectivity index (χ4v) is 6.95. The topological polar surface area (TPSA) is 67.8 Å². The molecule has 3 atom stereocenters. The van der Waals surface area contributed by atoms with Gasteiger partial charge in [-0.1, -0.05) is 222 Å². The molecular formula is C46H77NO4. The summed E-state index contributed by atoms with van der Waals surface area (Å²) in [6, 6.07) is 19.8. The molecule has 5 heteroatoms. The van der Waals surface area contributed by atoms with Crippen LogP contribution in [0.3, 0.4) is 0 Å². The highest BCUT2D eigenvalue weighted by Crippen LogP contribution is 2.19. The molecule has 51 heavy (non-hydrogen) atoms. The molecule has 0 saturated heterocycles. The Morgan fingerprint density at radius 3 is 1.31 bits per heavy atom. The van der Waals surface area contributed by atoms with E-state index in [4.69, 9.17) is 9.47 Å². The summed E-state index contributed by atoms with van der Waals surface area (Å²) in [5, 5.41) is 13.7. The van der Waals surface area contributed by atoms with Crippen LogP contribution in [0.25, 0.3) is 0 Å². The smallest absolute Gasteiger partial charge is 0.249 e. The fourth-order valence-electron chi connectivity index (χ4n) is 6.95. The molecule has 2 N–H and O–H groups in total. The Balaban J connectivity index is 1.86. The second-order valence-electron chi connectivity index (χ2n) is 14.9. The summed E-state index contributed by atoms with van der Waals surface area (Å²) < 4.78 is 12.7. The highest BCUT2D eigenvalue weighted by atomic mass is 16.5. The van der Waals surface area contributed by atoms with Gasteiger partial charge in [0.25, 0.3) is 0 Å². The molecular weight excluding hydrogens is 631 g/mol. The molecule has 1 amide bonds. The minimum atomic E-state index is -0.556. The number of aliphatic hydroxyl groups excluding tert-OH is 1. The molecule has 0 saturated carbocycles. The number of amides is 1. The lowest BCUT2D eigenvalue weighted by Crippen LogP contribution is -2.50. The van der Waals surface area contributed by atoms with Gasteiger partial charge in [0.05, 0.1) is 32.0 Å². The van der Waals surface area contributed by atoms with E-state index in [1.165, 1.54) is 122 Å². The van der Waals surface area contributed by atoms with Crippen LogP contribution >= 0.6 is 0 Å². The summed E-state index contributed by atoms with van der Waals surface area (Å²) in [4.78, 5) is 13.8. The van der Waals surface area contributed by atoms with Gasteiger partial charge in [0.1, 0.15) is 6.10 Å². The zero-order chi connectivity index (χ0) is 36.5. The predicted octanol–water partition coefficient (Wildman–Crippen LogP) is 12.4. The molecule has 290 valence electrons. The third-order valence-electron chi connectivity index (χ3n) is 10.3. The van der Waals surface area contributed by atoms with Gasteiger partial charge in [-0.3, -0.25) is 4.79 Å². The van der Waals surface area contributed by atoms with Crippen molar-refractivity contribution in [3.63, 3.8) is 0 Å². The Labute approximate surface area is 314 Å². The minimum absolute atomic E-state index is 0.139. The van der Waals surface area contributed by atoms with E-state index in [1.807, 2.05) is 48.5 Å². The predicted molar refractivity (Wildman–Crippen MR) is 216 cm³/mol. The van der Waals surface area contributed by atoms with Crippen molar-refractivity contribution in [2.45, 2.75) is 206 Å². The first-order valence-electron chi connectivity index (χ1n) is 21.4. The lowest BCUT2D eigenvalue weighted by Gasteiger charge is -2.29. The quantitative estimate of drug-likeness (QED) is 0.0700. The molecule has 0 heterocycles. The van der Waals surface area contributed by atoms with Gasteiger partial charge in [-0.25, -0.2) is 0 Å². The SMILES string of the molecule is CCCCCCCCCCCCCCC[C@@H](OCc1ccccc1)[C@H](CO)NC(=O)[C@H](CCCCCCCCCCCC)OCc1ccccc1. The van der Waals surface area contributed by atoms with Crippen LogP contribution in [0.1, 0.15) is 185 Å². The third kappa shape index (κ3) is 23.9. The molecule has 0 aliphatic carbocycles. The normalized spacial score (nSPS) is 13.2. The van der Waals surface area contributed by atoms with Crippen LogP contribution in [0.4, 0.5) is 0 Å². The van der Waals surface area contributed by atoms with Crippen LogP contribution in [-0.4, -0.2) is 35.9 Å². The molecule has 0 aromatic heterocycles. The summed E-state index contributed by atoms with van der Waals surface area (Å²) in [6.07, 6.45) is 30.2. The van der Waals surface area contributed by atoms with Gasteiger partial charge in [0.15, 0.2) is 0 Å². The lowest BCUT2D eigenvalue weighted by atomic mass is 10.0. The number of hydrogen-bond acceptors (Lipinski definition) is 4. The van der Waals surface area contributed by atoms with Gasteiger partial charge >= 0.3 is 0 Å². The van der Waals surface area contributed by atoms with Crippen molar-refractivity contribution in [1.29, 1.82) is 0 Å². The molecule has 0 aliphatic rings. The maximum absolute atomic E-state index is 13.8. The second-order valence-corrected chi connectivity index (χ2v) is 14.9. The molecule has 0 fully saturated rings. The van der Waals surface area contributed by atoms with E-state index in [0.29, 0.717) is 19.6 Å². The Morgan fingerprint density at radius 2 is 0.902 bits per heavy atom. The highest BCUT2D eigenvalue weighted by molar-refractivity contribution is 5.81. The number of benzene rings is 2. The molecule has 2 aromatic rings. The van der Waals surface area contributed by atoms with Crippen LogP contribution in [0.5, 0.6) is 0 Å². The van der Waals surface area contributed by atoms with Crippen LogP contribution in [0, 0.1) is 0 Å². The van der Waals surface area contributed by atoms with E-state index in [2.05, 4.69) is 31.3 Å². The Bertz CT molecular complexity index is 1030. The van der Waals surface area contributed by atoms with Crippen LogP contribution < -0.4 is 5.32 Å². The Hall–Kier alpha value is -2.21. The van der Waals surface area contributed by atoms with E-state index in [0.717, 1.165) is 43.2 Å². The monoisotopic (exact) mass is 708 g/mol. The summed E-state index contributed by atoms with van der Waals surface area (Å²) >= 11 is 0. The second kappa shape index (κ2) is 32.4. The summed E-state index contributed by atoms with van der Waals surface area (Å²) in [6.45, 7) is 5.24. The van der Waals surface area contributed by atoms with Gasteiger partial charge < -0.3 is 19.9 Å². The van der Waals surface area contributed by atoms with Gasteiger partial charge in [0.2, 0.25) is 5.91 Å². The van der Waals surface area contributed by atoms with E-state index >= 15 is 0 Å². The van der Waals surface area contributed by atoms with Crippen molar-refractivity contribution in [2.75, 3.05) is 6.61 Å². The number of nitrogens with one attached hydrogen (secondary N) is 1. The molecule has 2 aromatic carbocycles. The van der Waals surface area contributed by atoms with E-state index < -0.39 is 12.1 Å². The number of unbranched alkanes of at least 4 members (excludes halogenated alkanes) is 21. The molecule has 0 bridgehead atoms. The lowest BCUT2D eigenvalue weighted by molar-refractivity contribution is -0.137. The zero-order valence-corrected chi connectivity index (χ0v) is 33.0. The van der Waals surface area contributed by atoms with Gasteiger partial charge in [-0.05, 0) is 24.0 Å². The Morgan fingerprint density at radius 1 is 0.529 bits per heavy atom. The van der Waals surface area contributed by atoms with Crippen molar-refractivity contribution in [3.05, 3.63) is 71.8 Å². The van der Waals surface area contributed by atoms with Crippen LogP contribution in [0.15, 0.2) is 60.7 Å². The maximum Gasteiger partial charge on any atom is 0.249 e. The first-order chi connectivity index (χ1) is 25.2. The van der Waals surface area contributed by atoms with Gasteiger partial charge in [0, 0.05) is 0 Å². The largest absolute Gasteiger partial charge is 0.394 e. The van der Waals surface area contributed by atoms with Crippen molar-refractivity contribution in [3.8, 4) is 0 Å². The molecule has 0 radical (unpaired) electrons. The maximum atomic E-state index is 13.8. The fraction of sp³-hybridized carbons (Fsp3) is 0.717. The van der Waals surface area contributed by atoms with Gasteiger partial charge in [-0.15, -0.1) is 0 Å². The first kappa shape index (κ1) is 44.9. The third-order valence-corrected chi connectivity index (χ3v) is 10.3. The first-order valence-corrected chi connectivity index (χ1v) is 21.4. The standard InChI is InChI=1S/C46H77NO4/c1-3-5-7-9-11-13-15-16-17-19-20-22-30-36-44(50-39-41-32-26-24-27-33-41)43(38-48)47-46(49)45(51-40-42-34-28-25-29-35-42)37-31-23-21-18-14-12-10-8-6-4-2/h24-29,32-35,43-45,48H,3-23,30-31,36-40H2,1-2H3,(H,47,49)/t43-,44+,45-/m0/s1. The number of ether oxygens (including phenoxy) is 2. The summed E-state index contributed by atoms with van der Waals surface area (Å²) in [5.41, 5.74) is 2.16. The molecule has 0 unspecified atom stereocenters. The van der Waals surface area contributed by atoms with Crippen LogP contribution in [-0.2, 0) is 27.5 Å².